The van der Waals surface area contributed by atoms with E-state index < -0.39 is 0 Å². The molecule has 170 valence electrons. The number of nitrogens with one attached hydrogen (secondary N) is 1. The third kappa shape index (κ3) is 5.37. The van der Waals surface area contributed by atoms with Gasteiger partial charge in [-0.05, 0) is 49.9 Å². The minimum atomic E-state index is -0.331. The third-order valence-corrected chi connectivity index (χ3v) is 5.44. The molecule has 0 saturated heterocycles. The molecule has 1 heterocycles. The van der Waals surface area contributed by atoms with Gasteiger partial charge < -0.3 is 14.8 Å². The van der Waals surface area contributed by atoms with Gasteiger partial charge in [0.2, 0.25) is 0 Å². The van der Waals surface area contributed by atoms with Crippen LogP contribution in [0.15, 0.2) is 48.2 Å². The van der Waals surface area contributed by atoms with Crippen molar-refractivity contribution in [1.82, 2.24) is 4.90 Å². The van der Waals surface area contributed by atoms with Crippen molar-refractivity contribution in [2.75, 3.05) is 32.2 Å². The van der Waals surface area contributed by atoms with Crippen LogP contribution in [-0.2, 0) is 14.3 Å². The number of unbranched alkanes of at least 4 members (excludes halogenated alkanes) is 1. The number of aryl methyl sites for hydroxylation is 2. The maximum atomic E-state index is 13.3. The lowest BCUT2D eigenvalue weighted by Crippen LogP contribution is -2.34. The fourth-order valence-electron chi connectivity index (χ4n) is 3.61. The quantitative estimate of drug-likeness (QED) is 0.408. The van der Waals surface area contributed by atoms with Crippen molar-refractivity contribution in [2.24, 2.45) is 0 Å². The first-order valence-electron chi connectivity index (χ1n) is 11.1. The van der Waals surface area contributed by atoms with Gasteiger partial charge in [-0.2, -0.15) is 0 Å². The van der Waals surface area contributed by atoms with E-state index in [1.807, 2.05) is 56.3 Å². The largest absolute Gasteiger partial charge is 0.495 e. The number of anilines is 1. The molecule has 6 nitrogen and oxygen atoms in total. The van der Waals surface area contributed by atoms with Crippen molar-refractivity contribution in [3.8, 4) is 5.75 Å². The number of nitrogens with zero attached hydrogens (tertiary/aromatic N) is 1. The molecule has 0 bridgehead atoms. The molecule has 1 N–H and O–H groups in total. The summed E-state index contributed by atoms with van der Waals surface area (Å²) in [4.78, 5) is 28.0. The van der Waals surface area contributed by atoms with Gasteiger partial charge in [0.05, 0.1) is 18.4 Å². The van der Waals surface area contributed by atoms with Gasteiger partial charge >= 0.3 is 0 Å². The Morgan fingerprint density at radius 1 is 0.906 bits per heavy atom. The number of hydrogen-bond acceptors (Lipinski definition) is 5. The van der Waals surface area contributed by atoms with E-state index in [4.69, 9.17) is 9.47 Å². The van der Waals surface area contributed by atoms with Gasteiger partial charge in [0, 0.05) is 19.8 Å². The zero-order chi connectivity index (χ0) is 23.1. The monoisotopic (exact) mass is 436 g/mol. The summed E-state index contributed by atoms with van der Waals surface area (Å²) in [6.07, 6.45) is 2.68. The lowest BCUT2D eigenvalue weighted by atomic mass is 10.0. The van der Waals surface area contributed by atoms with Crippen LogP contribution in [0.2, 0.25) is 0 Å². The van der Waals surface area contributed by atoms with E-state index in [0.717, 1.165) is 24.0 Å². The molecule has 32 heavy (non-hydrogen) atoms. The van der Waals surface area contributed by atoms with Crippen molar-refractivity contribution in [3.05, 3.63) is 64.9 Å². The molecule has 0 aliphatic carbocycles. The number of benzene rings is 2. The molecule has 0 atom stereocenters. The Morgan fingerprint density at radius 3 is 2.28 bits per heavy atom. The Bertz CT molecular complexity index is 995. The Kier molecular flexibility index (Phi) is 8.06. The molecular weight excluding hydrogens is 404 g/mol. The first-order valence-corrected chi connectivity index (χ1v) is 11.1. The fourth-order valence-corrected chi connectivity index (χ4v) is 3.61. The minimum absolute atomic E-state index is 0.273. The van der Waals surface area contributed by atoms with E-state index in [1.165, 1.54) is 4.90 Å². The molecular formula is C26H32N2O4. The first kappa shape index (κ1) is 23.5. The number of ether oxygens (including phenoxy) is 2. The molecule has 0 spiro atoms. The van der Waals surface area contributed by atoms with Crippen LogP contribution in [0.4, 0.5) is 5.69 Å². The second-order valence-corrected chi connectivity index (χ2v) is 8.03. The molecule has 2 amide bonds. The second kappa shape index (κ2) is 11.0. The van der Waals surface area contributed by atoms with Crippen molar-refractivity contribution < 1.29 is 19.1 Å². The number of hydrogen-bond donors (Lipinski definition) is 1. The van der Waals surface area contributed by atoms with E-state index in [-0.39, 0.29) is 17.5 Å². The molecule has 0 radical (unpaired) electrons. The van der Waals surface area contributed by atoms with Crippen LogP contribution in [0.5, 0.6) is 5.75 Å². The van der Waals surface area contributed by atoms with Crippen LogP contribution in [0.1, 0.15) is 42.9 Å². The van der Waals surface area contributed by atoms with Crippen LogP contribution in [0.25, 0.3) is 5.57 Å². The van der Waals surface area contributed by atoms with Crippen molar-refractivity contribution in [2.45, 2.75) is 40.0 Å². The van der Waals surface area contributed by atoms with Crippen molar-refractivity contribution in [1.29, 1.82) is 0 Å². The van der Waals surface area contributed by atoms with Gasteiger partial charge in [-0.15, -0.1) is 0 Å². The number of methoxy groups -OCH3 is 1. The minimum Gasteiger partial charge on any atom is -0.495 e. The maximum absolute atomic E-state index is 13.3. The molecule has 6 heteroatoms. The summed E-state index contributed by atoms with van der Waals surface area (Å²) < 4.78 is 11.1. The second-order valence-electron chi connectivity index (χ2n) is 8.03. The Balaban J connectivity index is 1.88. The average Bonchev–Trinajstić information content (AvgIpc) is 3.01. The summed E-state index contributed by atoms with van der Waals surface area (Å²) in [6.45, 7) is 7.60. The molecule has 2 aromatic rings. The SMILES string of the molecule is CCCCOCCCN1C(=O)C(Nc2cc(C)ccc2OC)=C(c2ccc(C)cc2)C1=O. The number of rotatable bonds is 11. The first-order chi connectivity index (χ1) is 15.5. The summed E-state index contributed by atoms with van der Waals surface area (Å²) in [5.41, 5.74) is 4.12. The predicted octanol–water partition coefficient (Wildman–Crippen LogP) is 4.71. The number of imide groups is 1. The smallest absolute Gasteiger partial charge is 0.278 e. The van der Waals surface area contributed by atoms with Gasteiger partial charge in [0.25, 0.3) is 11.8 Å². The predicted molar refractivity (Wildman–Crippen MR) is 127 cm³/mol. The van der Waals surface area contributed by atoms with Gasteiger partial charge in [0.15, 0.2) is 0 Å². The summed E-state index contributed by atoms with van der Waals surface area (Å²) in [7, 11) is 1.58. The van der Waals surface area contributed by atoms with Crippen LogP contribution in [0, 0.1) is 13.8 Å². The number of amides is 2. The Morgan fingerprint density at radius 2 is 1.59 bits per heavy atom. The van der Waals surface area contributed by atoms with Gasteiger partial charge in [0.1, 0.15) is 11.4 Å². The van der Waals surface area contributed by atoms with E-state index in [9.17, 15) is 9.59 Å². The van der Waals surface area contributed by atoms with E-state index in [2.05, 4.69) is 12.2 Å². The highest BCUT2D eigenvalue weighted by Gasteiger charge is 2.39. The van der Waals surface area contributed by atoms with Crippen molar-refractivity contribution in [3.63, 3.8) is 0 Å². The number of carbonyl (C=O) groups is 2. The van der Waals surface area contributed by atoms with E-state index >= 15 is 0 Å². The molecule has 1 aliphatic rings. The van der Waals surface area contributed by atoms with Crippen LogP contribution in [0.3, 0.4) is 0 Å². The van der Waals surface area contributed by atoms with Gasteiger partial charge in [-0.3, -0.25) is 14.5 Å². The molecule has 1 aliphatic heterocycles. The van der Waals surface area contributed by atoms with Crippen molar-refractivity contribution >= 4 is 23.1 Å². The van der Waals surface area contributed by atoms with Crippen LogP contribution >= 0.6 is 0 Å². The maximum Gasteiger partial charge on any atom is 0.278 e. The third-order valence-electron chi connectivity index (χ3n) is 5.44. The molecule has 2 aromatic carbocycles. The lowest BCUT2D eigenvalue weighted by molar-refractivity contribution is -0.137. The van der Waals surface area contributed by atoms with Crippen LogP contribution < -0.4 is 10.1 Å². The summed E-state index contributed by atoms with van der Waals surface area (Å²) in [5.74, 6) is -0.0152. The fraction of sp³-hybridized carbons (Fsp3) is 0.385. The molecule has 0 unspecified atom stereocenters. The molecule has 0 saturated carbocycles. The standard InChI is InChI=1S/C26H32N2O4/c1-5-6-15-32-16-7-14-28-25(29)23(20-11-8-18(2)9-12-20)24(26(28)30)27-21-17-19(3)10-13-22(21)31-4/h8-13,17,27H,5-7,14-16H2,1-4H3. The molecule has 0 fully saturated rings. The highest BCUT2D eigenvalue weighted by molar-refractivity contribution is 6.36. The normalized spacial score (nSPS) is 13.8. The van der Waals surface area contributed by atoms with Gasteiger partial charge in [-0.25, -0.2) is 0 Å². The zero-order valence-electron chi connectivity index (χ0n) is 19.4. The topological polar surface area (TPSA) is 67.9 Å². The summed E-state index contributed by atoms with van der Waals surface area (Å²) in [6, 6.07) is 13.3. The molecule has 0 aromatic heterocycles. The Labute approximate surface area is 190 Å². The van der Waals surface area contributed by atoms with E-state index in [0.29, 0.717) is 48.8 Å². The lowest BCUT2D eigenvalue weighted by Gasteiger charge is -2.16. The zero-order valence-corrected chi connectivity index (χ0v) is 19.4. The van der Waals surface area contributed by atoms with Crippen LogP contribution in [-0.4, -0.2) is 43.6 Å². The molecule has 3 rings (SSSR count). The summed E-state index contributed by atoms with van der Waals surface area (Å²) in [5, 5.41) is 3.20. The highest BCUT2D eigenvalue weighted by atomic mass is 16.5. The van der Waals surface area contributed by atoms with E-state index in [1.54, 1.807) is 7.11 Å². The Hall–Kier alpha value is -3.12. The average molecular weight is 437 g/mol. The summed E-state index contributed by atoms with van der Waals surface area (Å²) >= 11 is 0. The van der Waals surface area contributed by atoms with Gasteiger partial charge in [-0.1, -0.05) is 49.2 Å². The highest BCUT2D eigenvalue weighted by Crippen LogP contribution is 2.34. The number of carbonyl (C=O) groups excluding carboxylic acids is 2.